The van der Waals surface area contributed by atoms with Crippen molar-refractivity contribution in [1.29, 1.82) is 0 Å². The largest absolute Gasteiger partial charge is 0.341 e. The van der Waals surface area contributed by atoms with Gasteiger partial charge in [-0.05, 0) is 50.8 Å². The first-order valence-electron chi connectivity index (χ1n) is 9.13. The summed E-state index contributed by atoms with van der Waals surface area (Å²) in [6, 6.07) is 10.6. The molecule has 0 radical (unpaired) electrons. The van der Waals surface area contributed by atoms with Crippen LogP contribution in [-0.2, 0) is 16.1 Å². The third kappa shape index (κ3) is 2.81. The highest BCUT2D eigenvalue weighted by Gasteiger charge is 2.47. The second kappa shape index (κ2) is 6.55. The molecule has 1 aliphatic carbocycles. The number of hydrogen-bond acceptors (Lipinski definition) is 3. The van der Waals surface area contributed by atoms with Gasteiger partial charge in [-0.1, -0.05) is 30.3 Å². The van der Waals surface area contributed by atoms with Crippen molar-refractivity contribution in [3.05, 3.63) is 35.9 Å². The minimum absolute atomic E-state index is 0.0748. The van der Waals surface area contributed by atoms with Crippen molar-refractivity contribution in [2.75, 3.05) is 13.1 Å². The highest BCUT2D eigenvalue weighted by atomic mass is 16.2. The van der Waals surface area contributed by atoms with Gasteiger partial charge in [0.2, 0.25) is 0 Å². The molecule has 0 bridgehead atoms. The normalized spacial score (nSPS) is 31.0. The first kappa shape index (κ1) is 15.6. The van der Waals surface area contributed by atoms with Gasteiger partial charge in [0.1, 0.15) is 0 Å². The second-order valence-corrected chi connectivity index (χ2v) is 7.23. The molecule has 1 N–H and O–H groups in total. The Kier molecular flexibility index (Phi) is 4.27. The number of nitrogens with zero attached hydrogens (tertiary/aromatic N) is 2. The standard InChI is InChI=1S/C19H25N3O2/c23-18-19(24)22(13-14-7-2-1-3-8-14)16-10-6-9-15(17(16)20-18)21-11-4-5-12-21/h1-3,7-8,15-17H,4-6,9-13H2,(H,20,23)/t15-,16+,17+/m1/s1. The van der Waals surface area contributed by atoms with Gasteiger partial charge in [0.05, 0.1) is 12.1 Å². The van der Waals surface area contributed by atoms with Crippen LogP contribution in [0.4, 0.5) is 0 Å². The maximum atomic E-state index is 12.5. The minimum atomic E-state index is -0.432. The van der Waals surface area contributed by atoms with Crippen LogP contribution in [0.5, 0.6) is 0 Å². The summed E-state index contributed by atoms with van der Waals surface area (Å²) in [6.07, 6.45) is 5.71. The predicted molar refractivity (Wildman–Crippen MR) is 91.2 cm³/mol. The fourth-order valence-electron chi connectivity index (χ4n) is 4.64. The van der Waals surface area contributed by atoms with Crippen molar-refractivity contribution >= 4 is 11.8 Å². The van der Waals surface area contributed by atoms with Crippen LogP contribution in [0.25, 0.3) is 0 Å². The second-order valence-electron chi connectivity index (χ2n) is 7.23. The molecule has 2 saturated heterocycles. The molecular formula is C19H25N3O2. The van der Waals surface area contributed by atoms with E-state index in [1.54, 1.807) is 0 Å². The number of piperazine rings is 1. The van der Waals surface area contributed by atoms with E-state index in [0.29, 0.717) is 12.6 Å². The Balaban J connectivity index is 1.58. The van der Waals surface area contributed by atoms with E-state index >= 15 is 0 Å². The lowest BCUT2D eigenvalue weighted by Crippen LogP contribution is -2.69. The van der Waals surface area contributed by atoms with Crippen LogP contribution in [0.15, 0.2) is 30.3 Å². The van der Waals surface area contributed by atoms with E-state index < -0.39 is 5.91 Å². The molecule has 1 aromatic carbocycles. The van der Waals surface area contributed by atoms with E-state index in [-0.39, 0.29) is 18.0 Å². The van der Waals surface area contributed by atoms with Gasteiger partial charge in [0.25, 0.3) is 0 Å². The van der Waals surface area contributed by atoms with E-state index in [9.17, 15) is 9.59 Å². The van der Waals surface area contributed by atoms with Gasteiger partial charge in [-0.15, -0.1) is 0 Å². The summed E-state index contributed by atoms with van der Waals surface area (Å²) in [5.41, 5.74) is 1.09. The molecule has 24 heavy (non-hydrogen) atoms. The van der Waals surface area contributed by atoms with Gasteiger partial charge < -0.3 is 10.2 Å². The summed E-state index contributed by atoms with van der Waals surface area (Å²) in [7, 11) is 0. The third-order valence-electron chi connectivity index (χ3n) is 5.79. The Morgan fingerprint density at radius 3 is 2.42 bits per heavy atom. The van der Waals surface area contributed by atoms with E-state index in [1.807, 2.05) is 35.2 Å². The molecule has 3 atom stereocenters. The van der Waals surface area contributed by atoms with E-state index in [1.165, 1.54) is 12.8 Å². The first-order valence-corrected chi connectivity index (χ1v) is 9.13. The maximum absolute atomic E-state index is 12.5. The molecule has 3 fully saturated rings. The molecule has 4 rings (SSSR count). The molecule has 1 aromatic rings. The van der Waals surface area contributed by atoms with Gasteiger partial charge >= 0.3 is 11.8 Å². The van der Waals surface area contributed by atoms with Gasteiger partial charge in [0.15, 0.2) is 0 Å². The number of amides is 2. The molecule has 3 aliphatic rings. The average Bonchev–Trinajstić information content (AvgIpc) is 3.14. The number of nitrogens with one attached hydrogen (secondary N) is 1. The topological polar surface area (TPSA) is 52.7 Å². The van der Waals surface area contributed by atoms with Crippen LogP contribution in [0.1, 0.15) is 37.7 Å². The van der Waals surface area contributed by atoms with Crippen LogP contribution in [0.2, 0.25) is 0 Å². The zero-order valence-electron chi connectivity index (χ0n) is 14.0. The summed E-state index contributed by atoms with van der Waals surface area (Å²) in [6.45, 7) is 2.77. The highest BCUT2D eigenvalue weighted by molar-refractivity contribution is 6.35. The monoisotopic (exact) mass is 327 g/mol. The van der Waals surface area contributed by atoms with Crippen molar-refractivity contribution < 1.29 is 9.59 Å². The average molecular weight is 327 g/mol. The summed E-state index contributed by atoms with van der Waals surface area (Å²) in [5, 5.41) is 3.04. The fourth-order valence-corrected chi connectivity index (χ4v) is 4.64. The van der Waals surface area contributed by atoms with Gasteiger partial charge in [0, 0.05) is 12.6 Å². The predicted octanol–water partition coefficient (Wildman–Crippen LogP) is 1.53. The van der Waals surface area contributed by atoms with Crippen molar-refractivity contribution in [3.63, 3.8) is 0 Å². The molecule has 0 unspecified atom stereocenters. The zero-order valence-corrected chi connectivity index (χ0v) is 14.0. The number of hydrogen-bond donors (Lipinski definition) is 1. The molecule has 5 heteroatoms. The molecule has 2 amide bonds. The summed E-state index contributed by atoms with van der Waals surface area (Å²) in [5.74, 6) is -0.805. The van der Waals surface area contributed by atoms with Crippen LogP contribution in [0, 0.1) is 0 Å². The Morgan fingerprint density at radius 1 is 0.958 bits per heavy atom. The fraction of sp³-hybridized carbons (Fsp3) is 0.579. The van der Waals surface area contributed by atoms with Crippen molar-refractivity contribution in [1.82, 2.24) is 15.1 Å². The highest BCUT2D eigenvalue weighted by Crippen LogP contribution is 2.32. The van der Waals surface area contributed by atoms with Crippen molar-refractivity contribution in [2.45, 2.75) is 56.8 Å². The van der Waals surface area contributed by atoms with Crippen molar-refractivity contribution in [2.24, 2.45) is 0 Å². The summed E-state index contributed by atoms with van der Waals surface area (Å²) in [4.78, 5) is 29.1. The number of benzene rings is 1. The lowest BCUT2D eigenvalue weighted by molar-refractivity contribution is -0.155. The van der Waals surface area contributed by atoms with Gasteiger partial charge in [-0.25, -0.2) is 0 Å². The first-order chi connectivity index (χ1) is 11.7. The van der Waals surface area contributed by atoms with E-state index in [2.05, 4.69) is 10.2 Å². The van der Waals surface area contributed by atoms with Crippen LogP contribution < -0.4 is 5.32 Å². The number of carbonyl (C=O) groups excluding carboxylic acids is 2. The Bertz CT molecular complexity index is 612. The summed E-state index contributed by atoms with van der Waals surface area (Å²) < 4.78 is 0. The lowest BCUT2D eigenvalue weighted by Gasteiger charge is -2.49. The molecule has 2 aliphatic heterocycles. The molecule has 5 nitrogen and oxygen atoms in total. The van der Waals surface area contributed by atoms with Crippen molar-refractivity contribution in [3.8, 4) is 0 Å². The lowest BCUT2D eigenvalue weighted by atomic mass is 9.82. The third-order valence-corrected chi connectivity index (χ3v) is 5.79. The quantitative estimate of drug-likeness (QED) is 0.857. The zero-order chi connectivity index (χ0) is 16.5. The van der Waals surface area contributed by atoms with Gasteiger partial charge in [-0.3, -0.25) is 14.5 Å². The number of rotatable bonds is 3. The van der Waals surface area contributed by atoms with Crippen LogP contribution in [-0.4, -0.2) is 52.8 Å². The minimum Gasteiger partial charge on any atom is -0.341 e. The number of likely N-dealkylation sites (tertiary alicyclic amines) is 1. The smallest absolute Gasteiger partial charge is 0.312 e. The molecule has 0 spiro atoms. The van der Waals surface area contributed by atoms with E-state index in [0.717, 1.165) is 37.9 Å². The Labute approximate surface area is 143 Å². The number of fused-ring (bicyclic) bond motifs is 1. The molecule has 0 aromatic heterocycles. The maximum Gasteiger partial charge on any atom is 0.312 e. The SMILES string of the molecule is O=C1N[C@H]2[C@H](N3CCCC3)CCC[C@@H]2N(Cc2ccccc2)C1=O. The Morgan fingerprint density at radius 2 is 1.67 bits per heavy atom. The molecule has 128 valence electrons. The molecule has 2 heterocycles. The number of carbonyl (C=O) groups is 2. The molecular weight excluding hydrogens is 302 g/mol. The van der Waals surface area contributed by atoms with E-state index in [4.69, 9.17) is 0 Å². The van der Waals surface area contributed by atoms with Crippen LogP contribution >= 0.6 is 0 Å². The molecule has 1 saturated carbocycles. The summed E-state index contributed by atoms with van der Waals surface area (Å²) >= 11 is 0. The van der Waals surface area contributed by atoms with Crippen LogP contribution in [0.3, 0.4) is 0 Å². The van der Waals surface area contributed by atoms with Gasteiger partial charge in [-0.2, -0.15) is 0 Å². The Hall–Kier alpha value is -1.88.